The Kier molecular flexibility index (Phi) is 8.47. The molecule has 184 valence electrons. The predicted octanol–water partition coefficient (Wildman–Crippen LogP) is 3.55. The van der Waals surface area contributed by atoms with Crippen LogP contribution in [0.3, 0.4) is 0 Å². The molecule has 3 aromatic rings. The SMILES string of the molecule is C[C@H](CO)Nc1ncc(C#Cc2c(F)ccc(NS(=O)(=O)c3cc(Cl)cc(CO)c3Cl)c2F)cn1. The van der Waals surface area contributed by atoms with Crippen LogP contribution in [0.5, 0.6) is 0 Å². The highest BCUT2D eigenvalue weighted by Gasteiger charge is 2.24. The third-order valence-corrected chi connectivity index (χ3v) is 6.67. The van der Waals surface area contributed by atoms with Gasteiger partial charge in [0, 0.05) is 23.5 Å². The van der Waals surface area contributed by atoms with Crippen LogP contribution in [0.25, 0.3) is 0 Å². The van der Waals surface area contributed by atoms with Gasteiger partial charge in [-0.05, 0) is 36.8 Å². The van der Waals surface area contributed by atoms with Gasteiger partial charge < -0.3 is 15.5 Å². The maximum absolute atomic E-state index is 15.0. The van der Waals surface area contributed by atoms with Gasteiger partial charge in [-0.25, -0.2) is 27.2 Å². The van der Waals surface area contributed by atoms with Crippen LogP contribution in [0, 0.1) is 23.5 Å². The topological polar surface area (TPSA) is 124 Å². The molecule has 0 spiro atoms. The number of nitrogens with zero attached hydrogens (tertiary/aromatic N) is 2. The molecule has 0 unspecified atom stereocenters. The standard InChI is InChI=1S/C22H18Cl2F2N4O4S/c1-12(10-31)29-22-27-8-13(9-28-22)2-3-16-17(25)4-5-18(21(16)26)30-35(33,34)19-7-15(23)6-14(11-32)20(19)24/h4-9,12,30-32H,10-11H2,1H3,(H,27,28,29)/t12-/m1/s1. The molecule has 0 aliphatic carbocycles. The van der Waals surface area contributed by atoms with Gasteiger partial charge in [0.1, 0.15) is 10.7 Å². The van der Waals surface area contributed by atoms with Gasteiger partial charge in [0.15, 0.2) is 5.82 Å². The van der Waals surface area contributed by atoms with Gasteiger partial charge in [-0.1, -0.05) is 35.0 Å². The number of rotatable bonds is 7. The van der Waals surface area contributed by atoms with Crippen LogP contribution in [0.15, 0.2) is 41.6 Å². The maximum Gasteiger partial charge on any atom is 0.263 e. The van der Waals surface area contributed by atoms with E-state index in [9.17, 15) is 17.9 Å². The maximum atomic E-state index is 15.0. The number of anilines is 2. The van der Waals surface area contributed by atoms with Crippen molar-refractivity contribution in [1.82, 2.24) is 9.97 Å². The predicted molar refractivity (Wildman–Crippen MR) is 128 cm³/mol. The first-order chi connectivity index (χ1) is 16.6. The molecule has 8 nitrogen and oxygen atoms in total. The van der Waals surface area contributed by atoms with E-state index in [1.54, 1.807) is 6.92 Å². The molecule has 0 aliphatic heterocycles. The summed E-state index contributed by atoms with van der Waals surface area (Å²) in [7, 11) is -4.47. The lowest BCUT2D eigenvalue weighted by Crippen LogP contribution is -2.20. The van der Waals surface area contributed by atoms with Crippen molar-refractivity contribution in [2.75, 3.05) is 16.6 Å². The molecule has 4 N–H and O–H groups in total. The van der Waals surface area contributed by atoms with E-state index in [1.165, 1.54) is 18.5 Å². The molecule has 3 rings (SSSR count). The molecule has 1 heterocycles. The van der Waals surface area contributed by atoms with E-state index >= 15 is 4.39 Å². The van der Waals surface area contributed by atoms with Crippen molar-refractivity contribution in [3.05, 3.63) is 75.0 Å². The van der Waals surface area contributed by atoms with E-state index in [-0.39, 0.29) is 39.8 Å². The number of hydrogen-bond acceptors (Lipinski definition) is 7. The number of hydrogen-bond donors (Lipinski definition) is 4. The minimum atomic E-state index is -4.47. The van der Waals surface area contributed by atoms with Crippen molar-refractivity contribution >= 4 is 44.9 Å². The monoisotopic (exact) mass is 542 g/mol. The van der Waals surface area contributed by atoms with E-state index in [0.29, 0.717) is 0 Å². The van der Waals surface area contributed by atoms with Crippen molar-refractivity contribution in [1.29, 1.82) is 0 Å². The van der Waals surface area contributed by atoms with Crippen LogP contribution in [0.4, 0.5) is 20.4 Å². The Balaban J connectivity index is 1.91. The average molecular weight is 543 g/mol. The van der Waals surface area contributed by atoms with Gasteiger partial charge in [-0.3, -0.25) is 4.72 Å². The number of nitrogens with one attached hydrogen (secondary N) is 2. The van der Waals surface area contributed by atoms with Crippen molar-refractivity contribution in [2.45, 2.75) is 24.5 Å². The second-order valence-electron chi connectivity index (χ2n) is 7.20. The number of aliphatic hydroxyl groups is 2. The number of sulfonamides is 1. The minimum absolute atomic E-state index is 0.0146. The molecule has 35 heavy (non-hydrogen) atoms. The zero-order chi connectivity index (χ0) is 25.8. The Hall–Kier alpha value is -3.01. The quantitative estimate of drug-likeness (QED) is 0.336. The molecular weight excluding hydrogens is 525 g/mol. The molecule has 13 heteroatoms. The fraction of sp³-hybridized carbons (Fsp3) is 0.182. The highest BCUT2D eigenvalue weighted by Crippen LogP contribution is 2.32. The van der Waals surface area contributed by atoms with E-state index in [4.69, 9.17) is 28.3 Å². The first kappa shape index (κ1) is 26.6. The largest absolute Gasteiger partial charge is 0.394 e. The molecule has 1 atom stereocenters. The molecule has 2 aromatic carbocycles. The lowest BCUT2D eigenvalue weighted by atomic mass is 10.1. The second-order valence-corrected chi connectivity index (χ2v) is 9.66. The Morgan fingerprint density at radius 1 is 1.11 bits per heavy atom. The van der Waals surface area contributed by atoms with Gasteiger partial charge in [-0.2, -0.15) is 0 Å². The van der Waals surface area contributed by atoms with Crippen LogP contribution in [-0.4, -0.2) is 41.2 Å². The lowest BCUT2D eigenvalue weighted by Gasteiger charge is -2.13. The minimum Gasteiger partial charge on any atom is -0.394 e. The highest BCUT2D eigenvalue weighted by molar-refractivity contribution is 7.92. The average Bonchev–Trinajstić information content (AvgIpc) is 2.82. The summed E-state index contributed by atoms with van der Waals surface area (Å²) in [4.78, 5) is 7.50. The lowest BCUT2D eigenvalue weighted by molar-refractivity contribution is 0.281. The first-order valence-corrected chi connectivity index (χ1v) is 12.1. The summed E-state index contributed by atoms with van der Waals surface area (Å²) >= 11 is 11.9. The second kappa shape index (κ2) is 11.2. The Labute approximate surface area is 210 Å². The summed E-state index contributed by atoms with van der Waals surface area (Å²) in [6, 6.07) is 3.79. The molecule has 0 fully saturated rings. The zero-order valence-electron chi connectivity index (χ0n) is 18.0. The van der Waals surface area contributed by atoms with Gasteiger partial charge in [0.2, 0.25) is 5.95 Å². The summed E-state index contributed by atoms with van der Waals surface area (Å²) in [5, 5.41) is 20.9. The fourth-order valence-electron chi connectivity index (χ4n) is 2.74. The number of benzene rings is 2. The van der Waals surface area contributed by atoms with Crippen LogP contribution in [0.1, 0.15) is 23.6 Å². The van der Waals surface area contributed by atoms with Gasteiger partial charge in [-0.15, -0.1) is 0 Å². The number of halogens is 4. The molecule has 0 bridgehead atoms. The Bertz CT molecular complexity index is 1410. The molecular formula is C22H18Cl2F2N4O4S. The third-order valence-electron chi connectivity index (χ3n) is 4.51. The number of aliphatic hydroxyl groups excluding tert-OH is 2. The van der Waals surface area contributed by atoms with E-state index in [1.807, 2.05) is 4.72 Å². The summed E-state index contributed by atoms with van der Waals surface area (Å²) < 4.78 is 57.0. The normalized spacial score (nSPS) is 12.0. The summed E-state index contributed by atoms with van der Waals surface area (Å²) in [5.41, 5.74) is -0.972. The Morgan fingerprint density at radius 3 is 2.43 bits per heavy atom. The zero-order valence-corrected chi connectivity index (χ0v) is 20.3. The molecule has 0 radical (unpaired) electrons. The van der Waals surface area contributed by atoms with E-state index in [0.717, 1.165) is 18.2 Å². The van der Waals surface area contributed by atoms with Crippen molar-refractivity contribution in [3.8, 4) is 11.8 Å². The Morgan fingerprint density at radius 2 is 1.80 bits per heavy atom. The van der Waals surface area contributed by atoms with Gasteiger partial charge in [0.25, 0.3) is 10.0 Å². The summed E-state index contributed by atoms with van der Waals surface area (Å²) in [6.07, 6.45) is 2.63. The van der Waals surface area contributed by atoms with Crippen molar-refractivity contribution in [3.63, 3.8) is 0 Å². The van der Waals surface area contributed by atoms with Crippen LogP contribution < -0.4 is 10.0 Å². The smallest absolute Gasteiger partial charge is 0.263 e. The van der Waals surface area contributed by atoms with E-state index < -0.39 is 44.4 Å². The van der Waals surface area contributed by atoms with Crippen molar-refractivity contribution < 1.29 is 27.4 Å². The summed E-state index contributed by atoms with van der Waals surface area (Å²) in [5.74, 6) is 2.80. The van der Waals surface area contributed by atoms with Gasteiger partial charge in [0.05, 0.1) is 35.1 Å². The molecule has 0 aliphatic rings. The fourth-order valence-corrected chi connectivity index (χ4v) is 4.73. The van der Waals surface area contributed by atoms with Crippen molar-refractivity contribution in [2.24, 2.45) is 0 Å². The molecule has 1 aromatic heterocycles. The van der Waals surface area contributed by atoms with Crippen LogP contribution >= 0.6 is 23.2 Å². The molecule has 0 saturated heterocycles. The third kappa shape index (κ3) is 6.36. The van der Waals surface area contributed by atoms with Crippen LogP contribution in [0.2, 0.25) is 10.0 Å². The summed E-state index contributed by atoms with van der Waals surface area (Å²) in [6.45, 7) is 1.01. The molecule has 0 amide bonds. The first-order valence-electron chi connectivity index (χ1n) is 9.86. The number of aromatic nitrogens is 2. The highest BCUT2D eigenvalue weighted by atomic mass is 35.5. The van der Waals surface area contributed by atoms with E-state index in [2.05, 4.69) is 27.1 Å². The van der Waals surface area contributed by atoms with Gasteiger partial charge >= 0.3 is 0 Å². The molecule has 0 saturated carbocycles. The van der Waals surface area contributed by atoms with Crippen LogP contribution in [-0.2, 0) is 16.6 Å².